The third kappa shape index (κ3) is 4.70. The maximum atomic E-state index is 6.01. The Balaban J connectivity index is 1.65. The van der Waals surface area contributed by atoms with Crippen molar-refractivity contribution in [1.82, 2.24) is 15.2 Å². The van der Waals surface area contributed by atoms with Crippen LogP contribution in [0.4, 0.5) is 17.5 Å². The molecule has 3 rings (SSSR count). The summed E-state index contributed by atoms with van der Waals surface area (Å²) in [4.78, 5) is 4.50. The molecule has 0 aliphatic carbocycles. The van der Waals surface area contributed by atoms with Crippen molar-refractivity contribution in [3.8, 4) is 0 Å². The van der Waals surface area contributed by atoms with E-state index in [4.69, 9.17) is 11.6 Å². The normalized spacial score (nSPS) is 10.6. The van der Waals surface area contributed by atoms with Crippen molar-refractivity contribution in [3.05, 3.63) is 69.9 Å². The maximum absolute atomic E-state index is 6.01. The van der Waals surface area contributed by atoms with E-state index in [0.717, 1.165) is 22.7 Å². The standard InChI is InChI=1S/C20H22ClN5/c1-13-9-14(2)19(15(3)10-13)24-18-12-23-26-20(25-18)22-8-7-16-5-4-6-17(21)11-16/h4-6,9-12H,7-8H2,1-3H3,(H2,22,24,25,26). The monoisotopic (exact) mass is 367 g/mol. The van der Waals surface area contributed by atoms with E-state index in [1.54, 1.807) is 6.20 Å². The molecular formula is C20H22ClN5. The summed E-state index contributed by atoms with van der Waals surface area (Å²) in [6.07, 6.45) is 2.46. The topological polar surface area (TPSA) is 62.7 Å². The van der Waals surface area contributed by atoms with Gasteiger partial charge in [0, 0.05) is 17.3 Å². The highest BCUT2D eigenvalue weighted by molar-refractivity contribution is 6.30. The number of aromatic nitrogens is 3. The highest BCUT2D eigenvalue weighted by atomic mass is 35.5. The number of halogens is 1. The lowest BCUT2D eigenvalue weighted by Gasteiger charge is -2.13. The van der Waals surface area contributed by atoms with Crippen LogP contribution in [0.3, 0.4) is 0 Å². The zero-order valence-corrected chi connectivity index (χ0v) is 15.9. The van der Waals surface area contributed by atoms with Crippen LogP contribution in [0, 0.1) is 20.8 Å². The van der Waals surface area contributed by atoms with E-state index in [1.165, 1.54) is 16.7 Å². The molecule has 5 nitrogen and oxygen atoms in total. The summed E-state index contributed by atoms with van der Waals surface area (Å²) in [7, 11) is 0. The molecule has 0 saturated heterocycles. The predicted octanol–water partition coefficient (Wildman–Crippen LogP) is 4.85. The average molecular weight is 368 g/mol. The molecule has 3 aromatic rings. The van der Waals surface area contributed by atoms with Crippen molar-refractivity contribution < 1.29 is 0 Å². The minimum absolute atomic E-state index is 0.499. The largest absolute Gasteiger partial charge is 0.353 e. The lowest BCUT2D eigenvalue weighted by molar-refractivity contribution is 0.928. The fourth-order valence-electron chi connectivity index (χ4n) is 2.96. The number of hydrogen-bond donors (Lipinski definition) is 2. The highest BCUT2D eigenvalue weighted by Gasteiger charge is 2.07. The number of anilines is 3. The summed E-state index contributed by atoms with van der Waals surface area (Å²) < 4.78 is 0. The van der Waals surface area contributed by atoms with Gasteiger partial charge in [0.1, 0.15) is 0 Å². The number of hydrogen-bond acceptors (Lipinski definition) is 5. The molecule has 0 atom stereocenters. The second-order valence-corrected chi connectivity index (χ2v) is 6.81. The molecule has 0 spiro atoms. The molecule has 0 amide bonds. The zero-order valence-electron chi connectivity index (χ0n) is 15.2. The molecule has 0 aliphatic rings. The van der Waals surface area contributed by atoms with Gasteiger partial charge in [-0.3, -0.25) is 0 Å². The molecule has 134 valence electrons. The van der Waals surface area contributed by atoms with Crippen molar-refractivity contribution in [1.29, 1.82) is 0 Å². The molecule has 0 aliphatic heterocycles. The minimum atomic E-state index is 0.499. The first kappa shape index (κ1) is 18.1. The quantitative estimate of drug-likeness (QED) is 0.652. The zero-order chi connectivity index (χ0) is 18.5. The molecule has 2 N–H and O–H groups in total. The molecule has 0 radical (unpaired) electrons. The van der Waals surface area contributed by atoms with Gasteiger partial charge >= 0.3 is 0 Å². The van der Waals surface area contributed by atoms with Gasteiger partial charge in [-0.05, 0) is 56.0 Å². The fraction of sp³-hybridized carbons (Fsp3) is 0.250. The second kappa shape index (κ2) is 8.15. The number of rotatable bonds is 6. The Labute approximate surface area is 158 Å². The van der Waals surface area contributed by atoms with E-state index in [1.807, 2.05) is 24.3 Å². The Morgan fingerprint density at radius 3 is 2.54 bits per heavy atom. The third-order valence-electron chi connectivity index (χ3n) is 4.07. The molecule has 0 saturated carbocycles. The van der Waals surface area contributed by atoms with Gasteiger partial charge in [-0.15, -0.1) is 5.10 Å². The first-order chi connectivity index (χ1) is 12.5. The van der Waals surface area contributed by atoms with E-state index in [-0.39, 0.29) is 0 Å². The van der Waals surface area contributed by atoms with E-state index in [9.17, 15) is 0 Å². The van der Waals surface area contributed by atoms with Crippen LogP contribution in [0.15, 0.2) is 42.6 Å². The Hall–Kier alpha value is -2.66. The molecule has 26 heavy (non-hydrogen) atoms. The van der Waals surface area contributed by atoms with Crippen molar-refractivity contribution in [2.75, 3.05) is 17.2 Å². The van der Waals surface area contributed by atoms with E-state index in [0.29, 0.717) is 18.3 Å². The fourth-order valence-corrected chi connectivity index (χ4v) is 3.17. The van der Waals surface area contributed by atoms with Gasteiger partial charge in [0.2, 0.25) is 5.95 Å². The van der Waals surface area contributed by atoms with E-state index in [2.05, 4.69) is 58.7 Å². The van der Waals surface area contributed by atoms with E-state index < -0.39 is 0 Å². The Kier molecular flexibility index (Phi) is 5.68. The van der Waals surface area contributed by atoms with Gasteiger partial charge in [-0.2, -0.15) is 10.1 Å². The van der Waals surface area contributed by atoms with Crippen molar-refractivity contribution in [3.63, 3.8) is 0 Å². The van der Waals surface area contributed by atoms with Gasteiger partial charge in [-0.25, -0.2) is 0 Å². The first-order valence-electron chi connectivity index (χ1n) is 8.54. The van der Waals surface area contributed by atoms with Crippen molar-refractivity contribution in [2.45, 2.75) is 27.2 Å². The summed E-state index contributed by atoms with van der Waals surface area (Å²) in [5.41, 5.74) is 5.82. The van der Waals surface area contributed by atoms with Crippen LogP contribution >= 0.6 is 11.6 Å². The van der Waals surface area contributed by atoms with Gasteiger partial charge < -0.3 is 10.6 Å². The van der Waals surface area contributed by atoms with Gasteiger partial charge in [0.05, 0.1) is 6.20 Å². The van der Waals surface area contributed by atoms with Crippen LogP contribution in [-0.2, 0) is 6.42 Å². The highest BCUT2D eigenvalue weighted by Crippen LogP contribution is 2.25. The molecule has 0 bridgehead atoms. The molecule has 6 heteroatoms. The minimum Gasteiger partial charge on any atom is -0.353 e. The first-order valence-corrected chi connectivity index (χ1v) is 8.92. The Morgan fingerprint density at radius 1 is 1.04 bits per heavy atom. The Bertz CT molecular complexity index is 887. The second-order valence-electron chi connectivity index (χ2n) is 6.37. The summed E-state index contributed by atoms with van der Waals surface area (Å²) in [6, 6.07) is 12.1. The third-order valence-corrected chi connectivity index (χ3v) is 4.31. The lowest BCUT2D eigenvalue weighted by Crippen LogP contribution is -2.10. The molecular weight excluding hydrogens is 346 g/mol. The van der Waals surface area contributed by atoms with Crippen LogP contribution in [-0.4, -0.2) is 21.7 Å². The van der Waals surface area contributed by atoms with Crippen LogP contribution in [0.1, 0.15) is 22.3 Å². The van der Waals surface area contributed by atoms with Gasteiger partial charge in [0.15, 0.2) is 5.82 Å². The van der Waals surface area contributed by atoms with Crippen molar-refractivity contribution in [2.24, 2.45) is 0 Å². The number of aryl methyl sites for hydroxylation is 3. The molecule has 0 fully saturated rings. The number of nitrogens with zero attached hydrogens (tertiary/aromatic N) is 3. The van der Waals surface area contributed by atoms with Crippen LogP contribution in [0.2, 0.25) is 5.02 Å². The molecule has 0 unspecified atom stereocenters. The summed E-state index contributed by atoms with van der Waals surface area (Å²) in [6.45, 7) is 6.97. The van der Waals surface area contributed by atoms with Crippen LogP contribution in [0.5, 0.6) is 0 Å². The average Bonchev–Trinajstić information content (AvgIpc) is 2.59. The lowest BCUT2D eigenvalue weighted by atomic mass is 10.1. The summed E-state index contributed by atoms with van der Waals surface area (Å²) in [5, 5.41) is 15.4. The van der Waals surface area contributed by atoms with Gasteiger partial charge in [-0.1, -0.05) is 41.4 Å². The number of nitrogens with one attached hydrogen (secondary N) is 2. The molecule has 1 heterocycles. The van der Waals surface area contributed by atoms with Crippen LogP contribution < -0.4 is 10.6 Å². The van der Waals surface area contributed by atoms with E-state index >= 15 is 0 Å². The maximum Gasteiger partial charge on any atom is 0.244 e. The number of benzene rings is 2. The molecule has 1 aromatic heterocycles. The van der Waals surface area contributed by atoms with Crippen LogP contribution in [0.25, 0.3) is 0 Å². The Morgan fingerprint density at radius 2 is 1.81 bits per heavy atom. The SMILES string of the molecule is Cc1cc(C)c(Nc2cnnc(NCCc3cccc(Cl)c3)n2)c(C)c1. The van der Waals surface area contributed by atoms with Crippen molar-refractivity contribution >= 4 is 29.1 Å². The predicted molar refractivity (Wildman–Crippen MR) is 107 cm³/mol. The summed E-state index contributed by atoms with van der Waals surface area (Å²) >= 11 is 6.01. The van der Waals surface area contributed by atoms with Gasteiger partial charge in [0.25, 0.3) is 0 Å². The summed E-state index contributed by atoms with van der Waals surface area (Å²) in [5.74, 6) is 1.17. The molecule has 2 aromatic carbocycles. The smallest absolute Gasteiger partial charge is 0.244 e.